The number of carbonyl (C=O) groups excluding carboxylic acids is 1. The Bertz CT molecular complexity index is 147. The molecular formula is C7H11NO. The second-order valence-corrected chi connectivity index (χ2v) is 1.76. The van der Waals surface area contributed by atoms with Crippen LogP contribution in [0.5, 0.6) is 0 Å². The van der Waals surface area contributed by atoms with E-state index in [2.05, 4.69) is 11.6 Å². The van der Waals surface area contributed by atoms with E-state index in [4.69, 9.17) is 0 Å². The van der Waals surface area contributed by atoms with Crippen LogP contribution in [0.2, 0.25) is 0 Å². The molecule has 0 atom stereocenters. The third-order valence-corrected chi connectivity index (χ3v) is 0.963. The summed E-state index contributed by atoms with van der Waals surface area (Å²) in [5.74, 6) is 0.0144. The average molecular weight is 125 g/mol. The third kappa shape index (κ3) is 3.64. The molecule has 0 aliphatic heterocycles. The molecule has 0 rings (SSSR count). The maximum atomic E-state index is 10.5. The second kappa shape index (κ2) is 4.01. The normalized spacial score (nSPS) is 10.0. The molecule has 0 heterocycles. The first-order valence-corrected chi connectivity index (χ1v) is 2.81. The van der Waals surface area contributed by atoms with Gasteiger partial charge in [-0.05, 0) is 20.1 Å². The number of rotatable bonds is 3. The van der Waals surface area contributed by atoms with Crippen LogP contribution in [0.15, 0.2) is 17.1 Å². The van der Waals surface area contributed by atoms with Gasteiger partial charge in [0.05, 0.1) is 6.54 Å². The third-order valence-electron chi connectivity index (χ3n) is 0.963. The summed E-state index contributed by atoms with van der Waals surface area (Å²) in [5.41, 5.74) is 0.563. The Hall–Kier alpha value is -0.920. The highest BCUT2D eigenvalue weighted by Gasteiger charge is 1.95. The molecule has 0 N–H and O–H groups in total. The summed E-state index contributed by atoms with van der Waals surface area (Å²) in [6.45, 7) is 7.27. The molecule has 50 valence electrons. The molecule has 0 saturated heterocycles. The van der Waals surface area contributed by atoms with Crippen molar-refractivity contribution in [3.63, 3.8) is 0 Å². The molecule has 0 aromatic rings. The predicted molar refractivity (Wildman–Crippen MR) is 38.9 cm³/mol. The van der Waals surface area contributed by atoms with Gasteiger partial charge < -0.3 is 0 Å². The maximum Gasteiger partial charge on any atom is 0.157 e. The van der Waals surface area contributed by atoms with Crippen molar-refractivity contribution in [1.29, 1.82) is 0 Å². The molecule has 0 unspecified atom stereocenters. The number of hydrogen-bond acceptors (Lipinski definition) is 2. The van der Waals surface area contributed by atoms with Gasteiger partial charge >= 0.3 is 0 Å². The fourth-order valence-corrected chi connectivity index (χ4v) is 0.313. The van der Waals surface area contributed by atoms with Crippen molar-refractivity contribution in [2.45, 2.75) is 13.8 Å². The van der Waals surface area contributed by atoms with Gasteiger partial charge in [0.2, 0.25) is 0 Å². The van der Waals surface area contributed by atoms with Crippen molar-refractivity contribution in [2.75, 3.05) is 6.54 Å². The molecule has 9 heavy (non-hydrogen) atoms. The molecule has 0 spiro atoms. The maximum absolute atomic E-state index is 10.5. The van der Waals surface area contributed by atoms with Gasteiger partial charge in [-0.25, -0.2) is 0 Å². The van der Waals surface area contributed by atoms with E-state index in [9.17, 15) is 4.79 Å². The van der Waals surface area contributed by atoms with Gasteiger partial charge in [0.15, 0.2) is 5.78 Å². The van der Waals surface area contributed by atoms with E-state index in [1.165, 1.54) is 6.92 Å². The van der Waals surface area contributed by atoms with Crippen molar-refractivity contribution in [2.24, 2.45) is 4.99 Å². The van der Waals surface area contributed by atoms with Crippen LogP contribution >= 0.6 is 0 Å². The number of aliphatic imine (C=N–C) groups is 1. The molecule has 0 aromatic carbocycles. The first kappa shape index (κ1) is 8.08. The van der Waals surface area contributed by atoms with Gasteiger partial charge in [-0.1, -0.05) is 6.58 Å². The lowest BCUT2D eigenvalue weighted by Crippen LogP contribution is -1.97. The lowest BCUT2D eigenvalue weighted by molar-refractivity contribution is -0.113. The van der Waals surface area contributed by atoms with Crippen LogP contribution in [-0.4, -0.2) is 18.5 Å². The number of carbonyl (C=O) groups is 1. The highest BCUT2D eigenvalue weighted by atomic mass is 16.1. The standard InChI is InChI=1S/C7H11NO/c1-4-8-5-6(2)7(3)9/h4H,2,5H2,1,3H3/b8-4-. The molecule has 0 radical (unpaired) electrons. The highest BCUT2D eigenvalue weighted by Crippen LogP contribution is 1.90. The van der Waals surface area contributed by atoms with Crippen molar-refractivity contribution in [3.8, 4) is 0 Å². The lowest BCUT2D eigenvalue weighted by atomic mass is 10.2. The minimum Gasteiger partial charge on any atom is -0.295 e. The molecule has 0 fully saturated rings. The molecule has 0 bridgehead atoms. The van der Waals surface area contributed by atoms with Crippen molar-refractivity contribution >= 4 is 12.0 Å². The first-order valence-electron chi connectivity index (χ1n) is 2.81. The van der Waals surface area contributed by atoms with E-state index in [-0.39, 0.29) is 5.78 Å². The van der Waals surface area contributed by atoms with E-state index >= 15 is 0 Å². The van der Waals surface area contributed by atoms with Crippen LogP contribution in [-0.2, 0) is 4.79 Å². The summed E-state index contributed by atoms with van der Waals surface area (Å²) in [7, 11) is 0. The molecular weight excluding hydrogens is 114 g/mol. The Morgan fingerprint density at radius 1 is 1.78 bits per heavy atom. The molecule has 0 saturated carbocycles. The summed E-state index contributed by atoms with van der Waals surface area (Å²) in [5, 5.41) is 0. The summed E-state index contributed by atoms with van der Waals surface area (Å²) in [4.78, 5) is 14.3. The molecule has 0 aromatic heterocycles. The minimum absolute atomic E-state index is 0.0144. The van der Waals surface area contributed by atoms with Gasteiger partial charge in [-0.3, -0.25) is 9.79 Å². The quantitative estimate of drug-likeness (QED) is 0.412. The molecule has 0 aliphatic rings. The first-order chi connectivity index (χ1) is 4.18. The van der Waals surface area contributed by atoms with Crippen LogP contribution in [0.25, 0.3) is 0 Å². The van der Waals surface area contributed by atoms with E-state index in [1.54, 1.807) is 6.21 Å². The molecule has 0 amide bonds. The number of hydrogen-bond donors (Lipinski definition) is 0. The minimum atomic E-state index is 0.0144. The Labute approximate surface area is 55.3 Å². The predicted octanol–water partition coefficient (Wildman–Crippen LogP) is 1.22. The SMILES string of the molecule is C=C(C/N=C\C)C(C)=O. The average Bonchev–Trinajstić information content (AvgIpc) is 1.82. The van der Waals surface area contributed by atoms with Crippen LogP contribution in [0.3, 0.4) is 0 Å². The highest BCUT2D eigenvalue weighted by molar-refractivity contribution is 5.93. The van der Waals surface area contributed by atoms with Gasteiger partial charge in [-0.2, -0.15) is 0 Å². The Morgan fingerprint density at radius 2 is 2.33 bits per heavy atom. The van der Waals surface area contributed by atoms with Gasteiger partial charge in [-0.15, -0.1) is 0 Å². The van der Waals surface area contributed by atoms with Crippen molar-refractivity contribution in [1.82, 2.24) is 0 Å². The number of nitrogens with zero attached hydrogens (tertiary/aromatic N) is 1. The Balaban J connectivity index is 3.65. The zero-order valence-electron chi connectivity index (χ0n) is 5.85. The molecule has 0 aliphatic carbocycles. The topological polar surface area (TPSA) is 29.4 Å². The summed E-state index contributed by atoms with van der Waals surface area (Å²) in [6, 6.07) is 0. The summed E-state index contributed by atoms with van der Waals surface area (Å²) < 4.78 is 0. The Morgan fingerprint density at radius 3 is 2.67 bits per heavy atom. The summed E-state index contributed by atoms with van der Waals surface area (Å²) >= 11 is 0. The molecule has 2 heteroatoms. The van der Waals surface area contributed by atoms with Crippen molar-refractivity contribution < 1.29 is 4.79 Å². The van der Waals surface area contributed by atoms with Crippen LogP contribution in [0, 0.1) is 0 Å². The van der Waals surface area contributed by atoms with Crippen LogP contribution in [0.1, 0.15) is 13.8 Å². The lowest BCUT2D eigenvalue weighted by Gasteiger charge is -1.91. The van der Waals surface area contributed by atoms with Gasteiger partial charge in [0, 0.05) is 5.57 Å². The van der Waals surface area contributed by atoms with E-state index in [0.29, 0.717) is 12.1 Å². The van der Waals surface area contributed by atoms with Crippen LogP contribution < -0.4 is 0 Å². The number of Topliss-reactive ketones (excluding diaryl/α,β-unsaturated/α-hetero) is 1. The molecule has 2 nitrogen and oxygen atoms in total. The largest absolute Gasteiger partial charge is 0.295 e. The summed E-state index contributed by atoms with van der Waals surface area (Å²) in [6.07, 6.45) is 1.66. The van der Waals surface area contributed by atoms with E-state index in [0.717, 1.165) is 0 Å². The zero-order valence-corrected chi connectivity index (χ0v) is 5.85. The van der Waals surface area contributed by atoms with Gasteiger partial charge in [0.1, 0.15) is 0 Å². The van der Waals surface area contributed by atoms with Gasteiger partial charge in [0.25, 0.3) is 0 Å². The monoisotopic (exact) mass is 125 g/mol. The second-order valence-electron chi connectivity index (χ2n) is 1.76. The smallest absolute Gasteiger partial charge is 0.157 e. The van der Waals surface area contributed by atoms with Crippen molar-refractivity contribution in [3.05, 3.63) is 12.2 Å². The number of ketones is 1. The fraction of sp³-hybridized carbons (Fsp3) is 0.429. The Kier molecular flexibility index (Phi) is 3.60. The van der Waals surface area contributed by atoms with E-state index in [1.807, 2.05) is 6.92 Å². The van der Waals surface area contributed by atoms with Crippen LogP contribution in [0.4, 0.5) is 0 Å². The fourth-order valence-electron chi connectivity index (χ4n) is 0.313. The zero-order chi connectivity index (χ0) is 7.28. The van der Waals surface area contributed by atoms with E-state index < -0.39 is 0 Å².